The van der Waals surface area contributed by atoms with E-state index >= 15 is 0 Å². The number of nitro groups is 1. The molecule has 2 N–H and O–H groups in total. The van der Waals surface area contributed by atoms with E-state index in [9.17, 15) is 15.4 Å². The van der Waals surface area contributed by atoms with Gasteiger partial charge in [0.05, 0.1) is 15.7 Å². The van der Waals surface area contributed by atoms with E-state index in [0.29, 0.717) is 11.3 Å². The highest BCUT2D eigenvalue weighted by Crippen LogP contribution is 2.50. The number of nitrogens with zero attached hydrogens (tertiary/aromatic N) is 2. The van der Waals surface area contributed by atoms with E-state index in [1.807, 2.05) is 24.3 Å². The van der Waals surface area contributed by atoms with Crippen molar-refractivity contribution in [1.29, 1.82) is 5.26 Å². The summed E-state index contributed by atoms with van der Waals surface area (Å²) >= 11 is 1.50. The lowest BCUT2D eigenvalue weighted by Crippen LogP contribution is -2.19. The smallest absolute Gasteiger partial charge is 0.269 e. The van der Waals surface area contributed by atoms with Crippen LogP contribution in [0.5, 0.6) is 5.75 Å². The Hall–Kier alpha value is -3.08. The number of thiophene rings is 1. The molecule has 1 aliphatic rings. The molecule has 26 heavy (non-hydrogen) atoms. The van der Waals surface area contributed by atoms with Crippen molar-refractivity contribution in [2.75, 3.05) is 0 Å². The Morgan fingerprint density at radius 1 is 1.23 bits per heavy atom. The van der Waals surface area contributed by atoms with Crippen LogP contribution in [-0.4, -0.2) is 4.92 Å². The van der Waals surface area contributed by atoms with Crippen LogP contribution >= 0.6 is 23.7 Å². The summed E-state index contributed by atoms with van der Waals surface area (Å²) in [6, 6.07) is 16.1. The van der Waals surface area contributed by atoms with Crippen molar-refractivity contribution in [3.05, 3.63) is 80.5 Å². The third-order valence-electron chi connectivity index (χ3n) is 4.14. The number of benzene rings is 2. The second-order valence-corrected chi connectivity index (χ2v) is 6.65. The highest BCUT2D eigenvalue weighted by Gasteiger charge is 2.34. The average Bonchev–Trinajstić information content (AvgIpc) is 2.98. The molecule has 2 heterocycles. The lowest BCUT2D eigenvalue weighted by Gasteiger charge is -2.23. The molecule has 1 aliphatic heterocycles. The standard InChI is InChI=1S/C18H11N3O3S.ClH/c19-9-13-15(10-4-3-5-11(8-10)21(22)23)17-16(24-18(13)20)12-6-1-2-7-14(12)25-17;/h1-8,15H,20H2;1H. The van der Waals surface area contributed by atoms with Crippen molar-refractivity contribution in [1.82, 2.24) is 0 Å². The monoisotopic (exact) mass is 385 g/mol. The summed E-state index contributed by atoms with van der Waals surface area (Å²) in [6.45, 7) is 0. The van der Waals surface area contributed by atoms with Crippen molar-refractivity contribution in [3.63, 3.8) is 0 Å². The van der Waals surface area contributed by atoms with E-state index < -0.39 is 10.8 Å². The van der Waals surface area contributed by atoms with E-state index in [-0.39, 0.29) is 29.6 Å². The van der Waals surface area contributed by atoms with Gasteiger partial charge in [0.25, 0.3) is 5.69 Å². The van der Waals surface area contributed by atoms with Gasteiger partial charge in [-0.05, 0) is 17.7 Å². The molecule has 6 nitrogen and oxygen atoms in total. The normalized spacial score (nSPS) is 15.6. The Balaban J connectivity index is 0.00000196. The highest BCUT2D eigenvalue weighted by atomic mass is 35.5. The third kappa shape index (κ3) is 2.65. The van der Waals surface area contributed by atoms with Gasteiger partial charge in [0.2, 0.25) is 5.88 Å². The SMILES string of the molecule is Cl.N#CC1=C(N)Oc2c(sc3ccccc23)C1c1cccc([N+](=O)[O-])c1. The lowest BCUT2D eigenvalue weighted by atomic mass is 9.88. The number of non-ortho nitro benzene ring substituents is 1. The number of halogens is 1. The second-order valence-electron chi connectivity index (χ2n) is 5.57. The molecule has 0 saturated heterocycles. The van der Waals surface area contributed by atoms with Gasteiger partial charge in [-0.3, -0.25) is 10.1 Å². The number of nitriles is 1. The van der Waals surface area contributed by atoms with Crippen LogP contribution in [0.4, 0.5) is 5.69 Å². The van der Waals surface area contributed by atoms with Crippen molar-refractivity contribution < 1.29 is 9.66 Å². The molecular formula is C18H12ClN3O3S. The minimum absolute atomic E-state index is 0. The molecule has 0 amide bonds. The summed E-state index contributed by atoms with van der Waals surface area (Å²) in [5.74, 6) is 0.176. The molecule has 0 fully saturated rings. The van der Waals surface area contributed by atoms with Gasteiger partial charge in [0.15, 0.2) is 5.75 Å². The van der Waals surface area contributed by atoms with E-state index in [1.54, 1.807) is 12.1 Å². The number of hydrogen-bond acceptors (Lipinski definition) is 6. The fraction of sp³-hybridized carbons (Fsp3) is 0.0556. The zero-order valence-electron chi connectivity index (χ0n) is 13.2. The molecule has 1 aromatic heterocycles. The van der Waals surface area contributed by atoms with Crippen molar-refractivity contribution in [2.24, 2.45) is 5.73 Å². The van der Waals surface area contributed by atoms with E-state index in [0.717, 1.165) is 15.0 Å². The number of nitrogens with two attached hydrogens (primary N) is 1. The number of rotatable bonds is 2. The molecule has 0 saturated carbocycles. The van der Waals surface area contributed by atoms with Crippen LogP contribution in [0.2, 0.25) is 0 Å². The van der Waals surface area contributed by atoms with Gasteiger partial charge in [0.1, 0.15) is 11.6 Å². The van der Waals surface area contributed by atoms with Gasteiger partial charge in [0, 0.05) is 22.2 Å². The van der Waals surface area contributed by atoms with E-state index in [2.05, 4.69) is 6.07 Å². The lowest BCUT2D eigenvalue weighted by molar-refractivity contribution is -0.384. The molecule has 1 atom stereocenters. The van der Waals surface area contributed by atoms with Crippen molar-refractivity contribution in [3.8, 4) is 11.8 Å². The molecule has 0 spiro atoms. The van der Waals surface area contributed by atoms with Gasteiger partial charge < -0.3 is 10.5 Å². The summed E-state index contributed by atoms with van der Waals surface area (Å²) in [6.07, 6.45) is 0. The van der Waals surface area contributed by atoms with E-state index in [4.69, 9.17) is 10.5 Å². The van der Waals surface area contributed by atoms with Crippen LogP contribution in [-0.2, 0) is 0 Å². The molecule has 0 radical (unpaired) electrons. The first-order valence-corrected chi connectivity index (χ1v) is 8.25. The number of ether oxygens (including phenoxy) is 1. The fourth-order valence-electron chi connectivity index (χ4n) is 3.03. The number of allylic oxidation sites excluding steroid dienone is 1. The number of nitro benzene ring substituents is 1. The first kappa shape index (κ1) is 17.7. The Kier molecular flexibility index (Phi) is 4.55. The van der Waals surface area contributed by atoms with Crippen molar-refractivity contribution >= 4 is 39.5 Å². The number of hydrogen-bond donors (Lipinski definition) is 1. The Morgan fingerprint density at radius 3 is 2.73 bits per heavy atom. The van der Waals surface area contributed by atoms with Crippen molar-refractivity contribution in [2.45, 2.75) is 5.92 Å². The maximum Gasteiger partial charge on any atom is 0.269 e. The molecule has 0 bridgehead atoms. The summed E-state index contributed by atoms with van der Waals surface area (Å²) in [5.41, 5.74) is 6.87. The quantitative estimate of drug-likeness (QED) is 0.518. The minimum Gasteiger partial charge on any atom is -0.439 e. The summed E-state index contributed by atoms with van der Waals surface area (Å²) in [5, 5.41) is 21.6. The highest BCUT2D eigenvalue weighted by molar-refractivity contribution is 7.19. The maximum absolute atomic E-state index is 11.1. The van der Waals surface area contributed by atoms with Gasteiger partial charge in [-0.25, -0.2) is 0 Å². The largest absolute Gasteiger partial charge is 0.439 e. The maximum atomic E-state index is 11.1. The van der Waals surface area contributed by atoms with Crippen LogP contribution in [0.1, 0.15) is 16.4 Å². The van der Waals surface area contributed by atoms with Gasteiger partial charge >= 0.3 is 0 Å². The molecule has 3 aromatic rings. The topological polar surface area (TPSA) is 102 Å². The Morgan fingerprint density at radius 2 is 2.00 bits per heavy atom. The molecule has 2 aromatic carbocycles. The first-order valence-electron chi connectivity index (χ1n) is 7.43. The molecular weight excluding hydrogens is 374 g/mol. The third-order valence-corrected chi connectivity index (χ3v) is 5.36. The van der Waals surface area contributed by atoms with Crippen LogP contribution < -0.4 is 10.5 Å². The predicted molar refractivity (Wildman–Crippen MR) is 101 cm³/mol. The van der Waals surface area contributed by atoms with Crippen LogP contribution in [0, 0.1) is 21.4 Å². The molecule has 130 valence electrons. The Labute approximate surface area is 158 Å². The minimum atomic E-state index is -0.481. The number of fused-ring (bicyclic) bond motifs is 3. The van der Waals surface area contributed by atoms with Crippen LogP contribution in [0.15, 0.2) is 60.0 Å². The van der Waals surface area contributed by atoms with Gasteiger partial charge in [-0.2, -0.15) is 5.26 Å². The zero-order chi connectivity index (χ0) is 17.6. The second kappa shape index (κ2) is 6.67. The molecule has 4 rings (SSSR count). The summed E-state index contributed by atoms with van der Waals surface area (Å²) in [4.78, 5) is 11.5. The predicted octanol–water partition coefficient (Wildman–Crippen LogP) is 4.45. The molecule has 0 aliphatic carbocycles. The summed E-state index contributed by atoms with van der Waals surface area (Å²) in [7, 11) is 0. The Bertz CT molecular complexity index is 1100. The van der Waals surface area contributed by atoms with Crippen LogP contribution in [0.25, 0.3) is 10.1 Å². The fourth-order valence-corrected chi connectivity index (χ4v) is 4.30. The van der Waals surface area contributed by atoms with Crippen LogP contribution in [0.3, 0.4) is 0 Å². The van der Waals surface area contributed by atoms with E-state index in [1.165, 1.54) is 23.5 Å². The van der Waals surface area contributed by atoms with Gasteiger partial charge in [-0.1, -0.05) is 24.3 Å². The molecule has 8 heteroatoms. The first-order chi connectivity index (χ1) is 12.1. The zero-order valence-corrected chi connectivity index (χ0v) is 14.8. The van der Waals surface area contributed by atoms with Gasteiger partial charge in [-0.15, -0.1) is 23.7 Å². The summed E-state index contributed by atoms with van der Waals surface area (Å²) < 4.78 is 6.74. The average molecular weight is 386 g/mol. The molecule has 1 unspecified atom stereocenters.